The minimum atomic E-state index is 0.383. The zero-order valence-electron chi connectivity index (χ0n) is 4.52. The smallest absolute Gasteiger partial charge is 0.417 e. The van der Waals surface area contributed by atoms with Gasteiger partial charge in [-0.3, -0.25) is 0 Å². The van der Waals surface area contributed by atoms with E-state index in [1.807, 2.05) is 0 Å². The zero-order chi connectivity index (χ0) is 6.24. The molecule has 0 bridgehead atoms. The van der Waals surface area contributed by atoms with Crippen molar-refractivity contribution in [3.05, 3.63) is 0 Å². The summed E-state index contributed by atoms with van der Waals surface area (Å²) in [6.07, 6.45) is 6.29. The maximum absolute atomic E-state index is 9.37. The molecule has 0 amide bonds. The molecule has 1 radical (unpaired) electrons. The van der Waals surface area contributed by atoms with E-state index in [9.17, 15) is 4.79 Å². The SMILES string of the molecule is C#CCCCO[C]=O. The van der Waals surface area contributed by atoms with E-state index in [-0.39, 0.29) is 0 Å². The van der Waals surface area contributed by atoms with Crippen molar-refractivity contribution < 1.29 is 9.53 Å². The van der Waals surface area contributed by atoms with Gasteiger partial charge in [-0.15, -0.1) is 12.3 Å². The molecule has 0 spiro atoms. The molecule has 43 valence electrons. The largest absolute Gasteiger partial charge is 0.457 e. The van der Waals surface area contributed by atoms with Crippen molar-refractivity contribution >= 4 is 6.47 Å². The Morgan fingerprint density at radius 3 is 2.88 bits per heavy atom. The average molecular weight is 111 g/mol. The van der Waals surface area contributed by atoms with Gasteiger partial charge in [0.05, 0.1) is 6.61 Å². The Balaban J connectivity index is 2.74. The lowest BCUT2D eigenvalue weighted by Crippen LogP contribution is -1.89. The van der Waals surface area contributed by atoms with Crippen molar-refractivity contribution in [3.63, 3.8) is 0 Å². The number of hydrogen-bond acceptors (Lipinski definition) is 2. The van der Waals surface area contributed by atoms with Gasteiger partial charge in [-0.2, -0.15) is 0 Å². The summed E-state index contributed by atoms with van der Waals surface area (Å²) in [5.74, 6) is 2.42. The maximum Gasteiger partial charge on any atom is 0.417 e. The van der Waals surface area contributed by atoms with Crippen LogP contribution in [0.3, 0.4) is 0 Å². The number of ether oxygens (including phenoxy) is 1. The van der Waals surface area contributed by atoms with Gasteiger partial charge < -0.3 is 4.74 Å². The molecular weight excluding hydrogens is 104 g/mol. The zero-order valence-corrected chi connectivity index (χ0v) is 4.52. The Bertz CT molecular complexity index is 91.2. The van der Waals surface area contributed by atoms with Crippen LogP contribution in [0.25, 0.3) is 0 Å². The van der Waals surface area contributed by atoms with Crippen LogP contribution < -0.4 is 0 Å². The van der Waals surface area contributed by atoms with Gasteiger partial charge in [0, 0.05) is 6.42 Å². The van der Waals surface area contributed by atoms with Crippen molar-refractivity contribution in [3.8, 4) is 12.3 Å². The highest BCUT2D eigenvalue weighted by molar-refractivity contribution is 5.37. The second kappa shape index (κ2) is 6.03. The fourth-order valence-corrected chi connectivity index (χ4v) is 0.288. The van der Waals surface area contributed by atoms with Crippen LogP contribution in [0.15, 0.2) is 0 Å². The van der Waals surface area contributed by atoms with E-state index in [1.54, 1.807) is 0 Å². The molecule has 0 unspecified atom stereocenters. The van der Waals surface area contributed by atoms with Crippen molar-refractivity contribution in [1.82, 2.24) is 0 Å². The van der Waals surface area contributed by atoms with Crippen LogP contribution >= 0.6 is 0 Å². The van der Waals surface area contributed by atoms with E-state index < -0.39 is 0 Å². The van der Waals surface area contributed by atoms with E-state index >= 15 is 0 Å². The van der Waals surface area contributed by atoms with E-state index in [4.69, 9.17) is 6.42 Å². The topological polar surface area (TPSA) is 26.3 Å². The summed E-state index contributed by atoms with van der Waals surface area (Å²) in [7, 11) is 0. The lowest BCUT2D eigenvalue weighted by atomic mass is 10.3. The first-order valence-electron chi connectivity index (χ1n) is 2.34. The molecule has 0 N–H and O–H groups in total. The van der Waals surface area contributed by atoms with Crippen molar-refractivity contribution in [2.75, 3.05) is 6.61 Å². The number of terminal acetylenes is 1. The summed E-state index contributed by atoms with van der Waals surface area (Å²) >= 11 is 0. The lowest BCUT2D eigenvalue weighted by Gasteiger charge is -1.89. The molecule has 0 aromatic heterocycles. The van der Waals surface area contributed by atoms with Gasteiger partial charge in [-0.1, -0.05) is 0 Å². The quantitative estimate of drug-likeness (QED) is 0.389. The molecule has 0 rings (SSSR count). The first kappa shape index (κ1) is 7.03. The molecule has 0 heterocycles. The molecule has 2 nitrogen and oxygen atoms in total. The average Bonchev–Trinajstić information content (AvgIpc) is 1.81. The first-order chi connectivity index (χ1) is 3.91. The summed E-state index contributed by atoms with van der Waals surface area (Å²) in [6.45, 7) is 1.69. The highest BCUT2D eigenvalue weighted by Crippen LogP contribution is 1.84. The molecule has 0 atom stereocenters. The van der Waals surface area contributed by atoms with Crippen LogP contribution in [0.5, 0.6) is 0 Å². The second-order valence-corrected chi connectivity index (χ2v) is 1.24. The van der Waals surface area contributed by atoms with Crippen LogP contribution in [0, 0.1) is 12.3 Å². The van der Waals surface area contributed by atoms with Gasteiger partial charge in [-0.25, -0.2) is 4.79 Å². The third kappa shape index (κ3) is 5.03. The van der Waals surface area contributed by atoms with Gasteiger partial charge in [0.15, 0.2) is 0 Å². The van der Waals surface area contributed by atoms with E-state index in [0.29, 0.717) is 13.0 Å². The highest BCUT2D eigenvalue weighted by atomic mass is 16.5. The fourth-order valence-electron chi connectivity index (χ4n) is 0.288. The van der Waals surface area contributed by atoms with Crippen LogP contribution in [-0.4, -0.2) is 13.1 Å². The Kier molecular flexibility index (Phi) is 5.30. The molecule has 0 aliphatic carbocycles. The Hall–Kier alpha value is -0.970. The minimum Gasteiger partial charge on any atom is -0.457 e. The van der Waals surface area contributed by atoms with Crippen LogP contribution in [0.1, 0.15) is 12.8 Å². The number of rotatable bonds is 4. The Morgan fingerprint density at radius 1 is 1.62 bits per heavy atom. The van der Waals surface area contributed by atoms with E-state index in [2.05, 4.69) is 10.7 Å². The second-order valence-electron chi connectivity index (χ2n) is 1.24. The monoisotopic (exact) mass is 111 g/mol. The number of unbranched alkanes of at least 4 members (excludes halogenated alkanes) is 1. The summed E-state index contributed by atoms with van der Waals surface area (Å²) in [4.78, 5) is 9.37. The predicted molar refractivity (Wildman–Crippen MR) is 29.7 cm³/mol. The normalized spacial score (nSPS) is 7.38. The van der Waals surface area contributed by atoms with Crippen LogP contribution in [0.2, 0.25) is 0 Å². The summed E-state index contributed by atoms with van der Waals surface area (Å²) in [6, 6.07) is 0. The minimum absolute atomic E-state index is 0.383. The number of hydrogen-bond donors (Lipinski definition) is 0. The third-order valence-corrected chi connectivity index (χ3v) is 0.626. The fraction of sp³-hybridized carbons (Fsp3) is 0.500. The Labute approximate surface area is 48.8 Å². The maximum atomic E-state index is 9.37. The van der Waals surface area contributed by atoms with Gasteiger partial charge in [-0.05, 0) is 6.42 Å². The van der Waals surface area contributed by atoms with Gasteiger partial charge in [0.25, 0.3) is 0 Å². The van der Waals surface area contributed by atoms with Crippen molar-refractivity contribution in [2.45, 2.75) is 12.8 Å². The summed E-state index contributed by atoms with van der Waals surface area (Å²) in [5, 5.41) is 0. The third-order valence-electron chi connectivity index (χ3n) is 0.626. The van der Waals surface area contributed by atoms with Crippen molar-refractivity contribution in [1.29, 1.82) is 0 Å². The molecule has 0 aromatic rings. The lowest BCUT2D eigenvalue weighted by molar-refractivity contribution is 0.275. The molecule has 0 saturated heterocycles. The van der Waals surface area contributed by atoms with E-state index in [0.717, 1.165) is 6.42 Å². The number of carbonyl (C=O) groups excluding carboxylic acids is 1. The van der Waals surface area contributed by atoms with E-state index in [1.165, 1.54) is 6.47 Å². The standard InChI is InChI=1S/C6H7O2/c1-2-3-4-5-8-6-7/h1H,3-5H2. The molecule has 2 heteroatoms. The summed E-state index contributed by atoms with van der Waals surface area (Å²) in [5.41, 5.74) is 0. The molecule has 0 saturated carbocycles. The molecule has 0 aliphatic rings. The van der Waals surface area contributed by atoms with Crippen molar-refractivity contribution in [2.24, 2.45) is 0 Å². The molecule has 0 aliphatic heterocycles. The van der Waals surface area contributed by atoms with Gasteiger partial charge in [0.1, 0.15) is 0 Å². The summed E-state index contributed by atoms with van der Waals surface area (Å²) < 4.78 is 4.23. The van der Waals surface area contributed by atoms with Crippen LogP contribution in [-0.2, 0) is 9.53 Å². The van der Waals surface area contributed by atoms with Gasteiger partial charge >= 0.3 is 6.47 Å². The first-order valence-corrected chi connectivity index (χ1v) is 2.34. The molecule has 0 aromatic carbocycles. The molecular formula is C6H7O2. The highest BCUT2D eigenvalue weighted by Gasteiger charge is 1.81. The Morgan fingerprint density at radius 2 is 2.38 bits per heavy atom. The molecule has 8 heavy (non-hydrogen) atoms. The van der Waals surface area contributed by atoms with Crippen LogP contribution in [0.4, 0.5) is 0 Å². The van der Waals surface area contributed by atoms with Gasteiger partial charge in [0.2, 0.25) is 0 Å². The molecule has 0 fully saturated rings. The predicted octanol–water partition coefficient (Wildman–Crippen LogP) is 0.484.